The molecule has 2 aliphatic rings. The monoisotopic (exact) mass is 277 g/mol. The van der Waals surface area contributed by atoms with Crippen LogP contribution in [-0.4, -0.2) is 44.2 Å². The zero-order chi connectivity index (χ0) is 13.9. The van der Waals surface area contributed by atoms with Crippen LogP contribution in [0, 0.1) is 5.82 Å². The Balaban J connectivity index is 1.87. The van der Waals surface area contributed by atoms with Crippen molar-refractivity contribution in [2.24, 2.45) is 0 Å². The molecule has 1 aromatic carbocycles. The van der Waals surface area contributed by atoms with E-state index < -0.39 is 0 Å². The van der Waals surface area contributed by atoms with Crippen LogP contribution < -0.4 is 10.2 Å². The molecule has 1 aromatic rings. The van der Waals surface area contributed by atoms with Crippen molar-refractivity contribution >= 4 is 5.69 Å². The topological polar surface area (TPSA) is 18.5 Å². The summed E-state index contributed by atoms with van der Waals surface area (Å²) in [4.78, 5) is 4.86. The highest BCUT2D eigenvalue weighted by molar-refractivity contribution is 5.55. The molecule has 0 spiro atoms. The normalized spacial score (nSPS) is 23.7. The number of rotatable bonds is 3. The number of hydrogen-bond acceptors (Lipinski definition) is 3. The molecule has 0 aromatic heterocycles. The van der Waals surface area contributed by atoms with Gasteiger partial charge in [0.1, 0.15) is 5.82 Å². The summed E-state index contributed by atoms with van der Waals surface area (Å²) < 4.78 is 14.4. The van der Waals surface area contributed by atoms with Gasteiger partial charge in [-0.15, -0.1) is 0 Å². The Hall–Kier alpha value is -1.13. The van der Waals surface area contributed by atoms with Gasteiger partial charge < -0.3 is 10.2 Å². The first-order valence-corrected chi connectivity index (χ1v) is 7.70. The van der Waals surface area contributed by atoms with Crippen molar-refractivity contribution in [2.45, 2.75) is 31.8 Å². The predicted molar refractivity (Wildman–Crippen MR) is 80.6 cm³/mol. The zero-order valence-electron chi connectivity index (χ0n) is 12.2. The van der Waals surface area contributed by atoms with Crippen molar-refractivity contribution in [1.29, 1.82) is 0 Å². The molecule has 1 unspecified atom stereocenters. The molecule has 1 atom stereocenters. The van der Waals surface area contributed by atoms with Crippen molar-refractivity contribution in [2.75, 3.05) is 38.1 Å². The predicted octanol–water partition coefficient (Wildman–Crippen LogP) is 2.22. The summed E-state index contributed by atoms with van der Waals surface area (Å²) in [5.74, 6) is -0.0794. The van der Waals surface area contributed by atoms with Gasteiger partial charge in [0.05, 0.1) is 5.69 Å². The number of fused-ring (bicyclic) bond motifs is 1. The van der Waals surface area contributed by atoms with Crippen LogP contribution in [0.3, 0.4) is 0 Å². The van der Waals surface area contributed by atoms with Gasteiger partial charge in [-0.3, -0.25) is 4.90 Å². The van der Waals surface area contributed by atoms with Gasteiger partial charge in [-0.25, -0.2) is 4.39 Å². The van der Waals surface area contributed by atoms with Crippen molar-refractivity contribution in [3.05, 3.63) is 29.6 Å². The van der Waals surface area contributed by atoms with Crippen LogP contribution in [0.1, 0.15) is 24.8 Å². The maximum atomic E-state index is 14.4. The van der Waals surface area contributed by atoms with E-state index in [0.29, 0.717) is 6.04 Å². The second-order valence-corrected chi connectivity index (χ2v) is 5.91. The molecule has 1 N–H and O–H groups in total. The molecule has 2 saturated heterocycles. The smallest absolute Gasteiger partial charge is 0.146 e. The lowest BCUT2D eigenvalue weighted by atomic mass is 10.1. The second-order valence-electron chi connectivity index (χ2n) is 5.91. The van der Waals surface area contributed by atoms with Gasteiger partial charge in [-0.1, -0.05) is 12.1 Å². The van der Waals surface area contributed by atoms with Gasteiger partial charge in [0, 0.05) is 32.2 Å². The van der Waals surface area contributed by atoms with Gasteiger partial charge >= 0.3 is 0 Å². The number of halogens is 1. The highest BCUT2D eigenvalue weighted by atomic mass is 19.1. The van der Waals surface area contributed by atoms with Crippen LogP contribution in [-0.2, 0) is 6.54 Å². The number of benzene rings is 1. The van der Waals surface area contributed by atoms with Crippen LogP contribution in [0.5, 0.6) is 0 Å². The SMILES string of the molecule is CNCc1cccc(F)c1N1CCCN2CCCC2C1. The quantitative estimate of drug-likeness (QED) is 0.914. The van der Waals surface area contributed by atoms with E-state index in [-0.39, 0.29) is 5.82 Å². The third-order valence-corrected chi connectivity index (χ3v) is 4.56. The minimum Gasteiger partial charge on any atom is -0.367 e. The molecular formula is C16H24FN3. The molecule has 3 nitrogen and oxygen atoms in total. The summed E-state index contributed by atoms with van der Waals surface area (Å²) in [5.41, 5.74) is 1.88. The first kappa shape index (κ1) is 13.8. The summed E-state index contributed by atoms with van der Waals surface area (Å²) in [6, 6.07) is 6.04. The van der Waals surface area contributed by atoms with Crippen molar-refractivity contribution in [3.63, 3.8) is 0 Å². The first-order chi connectivity index (χ1) is 9.79. The molecule has 0 saturated carbocycles. The molecule has 2 fully saturated rings. The number of nitrogens with one attached hydrogen (secondary N) is 1. The molecule has 0 bridgehead atoms. The lowest BCUT2D eigenvalue weighted by molar-refractivity contribution is 0.273. The third-order valence-electron chi connectivity index (χ3n) is 4.56. The summed E-state index contributed by atoms with van der Waals surface area (Å²) >= 11 is 0. The van der Waals surface area contributed by atoms with E-state index in [9.17, 15) is 4.39 Å². The molecule has 2 aliphatic heterocycles. The molecule has 4 heteroatoms. The largest absolute Gasteiger partial charge is 0.367 e. The van der Waals surface area contributed by atoms with E-state index in [0.717, 1.165) is 43.9 Å². The van der Waals surface area contributed by atoms with Crippen molar-refractivity contribution in [3.8, 4) is 0 Å². The van der Waals surface area contributed by atoms with Crippen LogP contribution in [0.2, 0.25) is 0 Å². The number of anilines is 1. The lowest BCUT2D eigenvalue weighted by Crippen LogP contribution is -2.37. The average Bonchev–Trinajstić information content (AvgIpc) is 2.77. The maximum Gasteiger partial charge on any atom is 0.146 e. The molecule has 0 amide bonds. The fraction of sp³-hybridized carbons (Fsp3) is 0.625. The van der Waals surface area contributed by atoms with E-state index in [1.54, 1.807) is 6.07 Å². The Kier molecular flexibility index (Phi) is 4.22. The number of hydrogen-bond donors (Lipinski definition) is 1. The molecule has 0 radical (unpaired) electrons. The zero-order valence-corrected chi connectivity index (χ0v) is 12.2. The molecule has 2 heterocycles. The summed E-state index contributed by atoms with van der Waals surface area (Å²) in [6.45, 7) is 5.04. The van der Waals surface area contributed by atoms with Crippen molar-refractivity contribution in [1.82, 2.24) is 10.2 Å². The Morgan fingerprint density at radius 2 is 2.10 bits per heavy atom. The van der Waals surface area contributed by atoms with Gasteiger partial charge in [0.25, 0.3) is 0 Å². The summed E-state index contributed by atoms with van der Waals surface area (Å²) in [6.07, 6.45) is 3.68. The Morgan fingerprint density at radius 3 is 2.95 bits per heavy atom. The summed E-state index contributed by atoms with van der Waals surface area (Å²) in [7, 11) is 1.91. The maximum absolute atomic E-state index is 14.4. The van der Waals surface area contributed by atoms with Gasteiger partial charge in [-0.05, 0) is 44.5 Å². The third kappa shape index (κ3) is 2.67. The minimum atomic E-state index is -0.0794. The second kappa shape index (κ2) is 6.10. The summed E-state index contributed by atoms with van der Waals surface area (Å²) in [5, 5.41) is 3.15. The fourth-order valence-corrected chi connectivity index (χ4v) is 3.66. The number of para-hydroxylation sites is 1. The standard InChI is InChI=1S/C16H24FN3/c1-18-11-13-5-2-7-15(17)16(13)20-10-4-9-19-8-3-6-14(19)12-20/h2,5,7,14,18H,3-4,6,8-12H2,1H3. The first-order valence-electron chi connectivity index (χ1n) is 7.70. The molecule has 3 rings (SSSR count). The fourth-order valence-electron chi connectivity index (χ4n) is 3.66. The Bertz CT molecular complexity index is 463. The van der Waals surface area contributed by atoms with Crippen LogP contribution in [0.25, 0.3) is 0 Å². The van der Waals surface area contributed by atoms with Gasteiger partial charge in [0.15, 0.2) is 0 Å². The minimum absolute atomic E-state index is 0.0794. The molecule has 110 valence electrons. The van der Waals surface area contributed by atoms with Crippen LogP contribution in [0.4, 0.5) is 10.1 Å². The van der Waals surface area contributed by atoms with Gasteiger partial charge in [0.2, 0.25) is 0 Å². The highest BCUT2D eigenvalue weighted by Crippen LogP contribution is 2.29. The van der Waals surface area contributed by atoms with Crippen molar-refractivity contribution < 1.29 is 4.39 Å². The van der Waals surface area contributed by atoms with E-state index in [1.807, 2.05) is 19.2 Å². The van der Waals surface area contributed by atoms with Crippen LogP contribution in [0.15, 0.2) is 18.2 Å². The number of nitrogens with zero attached hydrogens (tertiary/aromatic N) is 2. The highest BCUT2D eigenvalue weighted by Gasteiger charge is 2.30. The molecular weight excluding hydrogens is 253 g/mol. The van der Waals surface area contributed by atoms with E-state index >= 15 is 0 Å². The lowest BCUT2D eigenvalue weighted by Gasteiger charge is -2.29. The van der Waals surface area contributed by atoms with Gasteiger partial charge in [-0.2, -0.15) is 0 Å². The Morgan fingerprint density at radius 1 is 1.25 bits per heavy atom. The van der Waals surface area contributed by atoms with E-state index in [4.69, 9.17) is 0 Å². The molecule has 0 aliphatic carbocycles. The van der Waals surface area contributed by atoms with E-state index in [2.05, 4.69) is 15.1 Å². The van der Waals surface area contributed by atoms with Crippen LogP contribution >= 0.6 is 0 Å². The van der Waals surface area contributed by atoms with E-state index in [1.165, 1.54) is 19.4 Å². The average molecular weight is 277 g/mol. The Labute approximate surface area is 120 Å². The molecule has 20 heavy (non-hydrogen) atoms.